The van der Waals surface area contributed by atoms with E-state index in [2.05, 4.69) is 28.1 Å². The first-order chi connectivity index (χ1) is 39.1. The number of anilines is 1. The molecular weight excluding hydrogens is 1120 g/mol. The lowest BCUT2D eigenvalue weighted by molar-refractivity contribution is -0.199. The summed E-state index contributed by atoms with van der Waals surface area (Å²) in [4.78, 5) is 92.5. The van der Waals surface area contributed by atoms with E-state index in [0.29, 0.717) is 63.9 Å². The summed E-state index contributed by atoms with van der Waals surface area (Å²) in [5, 5.41) is 25.8. The highest BCUT2D eigenvalue weighted by Gasteiger charge is 2.49. The van der Waals surface area contributed by atoms with E-state index in [0.717, 1.165) is 62.1 Å². The Labute approximate surface area is 470 Å². The third-order valence-electron chi connectivity index (χ3n) is 13.8. The van der Waals surface area contributed by atoms with E-state index in [9.17, 15) is 64.6 Å². The highest BCUT2D eigenvalue weighted by molar-refractivity contribution is 7.86. The van der Waals surface area contributed by atoms with E-state index in [4.69, 9.17) is 44.1 Å². The Morgan fingerprint density at radius 2 is 1.37 bits per heavy atom. The average Bonchev–Trinajstić information content (AvgIpc) is 1.83. The van der Waals surface area contributed by atoms with Crippen LogP contribution >= 0.6 is 0 Å². The number of unbranched alkanes of at least 4 members (excludes halogenated alkanes) is 1. The van der Waals surface area contributed by atoms with Gasteiger partial charge in [0.05, 0.1) is 76.1 Å². The number of nitrogen functional groups attached to an aromatic ring is 1. The van der Waals surface area contributed by atoms with Crippen molar-refractivity contribution in [3.8, 4) is 22.5 Å². The number of hydrogen-bond donors (Lipinski definition) is 8. The normalized spacial score (nSPS) is 17.8. The van der Waals surface area contributed by atoms with Crippen molar-refractivity contribution in [2.75, 3.05) is 78.3 Å². The molecule has 0 bridgehead atoms. The van der Waals surface area contributed by atoms with E-state index in [-0.39, 0.29) is 104 Å². The zero-order chi connectivity index (χ0) is 59.1. The van der Waals surface area contributed by atoms with Gasteiger partial charge in [-0.05, 0) is 105 Å². The first-order valence-electron chi connectivity index (χ1n) is 26.4. The second-order valence-electron chi connectivity index (χ2n) is 19.4. The summed E-state index contributed by atoms with van der Waals surface area (Å²) in [6, 6.07) is 5.80. The minimum Gasteiger partial charge on any atom is -0.478 e. The molecule has 29 heteroatoms. The Kier molecular flexibility index (Phi) is 21.7. The molecule has 2 fully saturated rings. The van der Waals surface area contributed by atoms with Crippen molar-refractivity contribution in [1.29, 1.82) is 5.41 Å². The van der Waals surface area contributed by atoms with Crippen molar-refractivity contribution < 1.29 is 97.5 Å². The minimum atomic E-state index is -5.30. The van der Waals surface area contributed by atoms with Crippen molar-refractivity contribution in [2.24, 2.45) is 17.8 Å². The number of carboxylic acid groups (broad SMARTS) is 1. The maximum Gasteiger partial charge on any atom is 0.407 e. The molecule has 5 amide bonds. The molecule has 7 rings (SSSR count). The molecule has 2 aromatic rings. The Morgan fingerprint density at radius 1 is 0.756 bits per heavy atom. The van der Waals surface area contributed by atoms with Gasteiger partial charge in [0.1, 0.15) is 6.04 Å². The van der Waals surface area contributed by atoms with Gasteiger partial charge in [-0.2, -0.15) is 16.8 Å². The second kappa shape index (κ2) is 28.5. The van der Waals surface area contributed by atoms with Crippen LogP contribution in [0.2, 0.25) is 0 Å². The predicted molar refractivity (Wildman–Crippen MR) is 286 cm³/mol. The van der Waals surface area contributed by atoms with Gasteiger partial charge in [-0.1, -0.05) is 18.2 Å². The summed E-state index contributed by atoms with van der Waals surface area (Å²) >= 11 is 0. The largest absolute Gasteiger partial charge is 0.478 e. The van der Waals surface area contributed by atoms with Gasteiger partial charge in [-0.25, -0.2) is 14.4 Å². The molecule has 2 aromatic carbocycles. The number of carbonyl (C=O) groups is 7. The van der Waals surface area contributed by atoms with Crippen LogP contribution in [0.25, 0.3) is 33.4 Å². The van der Waals surface area contributed by atoms with Gasteiger partial charge in [0.15, 0.2) is 21.1 Å². The molecule has 3 unspecified atom stereocenters. The number of rotatable bonds is 30. The number of hydrogen-bond acceptors (Lipinski definition) is 20. The molecule has 3 aliphatic carbocycles. The van der Waals surface area contributed by atoms with E-state index in [1.54, 1.807) is 0 Å². The van der Waals surface area contributed by atoms with Gasteiger partial charge in [0.2, 0.25) is 5.91 Å². The molecule has 0 aromatic heterocycles. The van der Waals surface area contributed by atoms with Gasteiger partial charge in [-0.3, -0.25) is 33.7 Å². The SMILES string of the molecule is N=c1ccc2c(-c3ccc(C(=O)NC(CCCCNC(=O)CCOCCOCCOCCOCCNC(=O)OCC4C5CC/C=C\CCC54)C(=O)ON4C(=O)CCC4=O)cc3C(=O)O)c3ccc(N)c(S(=O)(=O)O)c3oc-2c1S(=O)(=O)O. The lowest BCUT2D eigenvalue weighted by atomic mass is 9.89. The number of aromatic carboxylic acids is 1. The molecular formula is C53H64N6O21S2. The average molecular weight is 1190 g/mol. The molecule has 2 aliphatic heterocycles. The third-order valence-corrected chi connectivity index (χ3v) is 15.7. The summed E-state index contributed by atoms with van der Waals surface area (Å²) in [5.74, 6) is -4.95. The van der Waals surface area contributed by atoms with Gasteiger partial charge < -0.3 is 59.7 Å². The van der Waals surface area contributed by atoms with Crippen molar-refractivity contribution in [3.05, 3.63) is 71.1 Å². The van der Waals surface area contributed by atoms with Crippen molar-refractivity contribution in [2.45, 2.75) is 80.0 Å². The number of carboxylic acids is 1. The summed E-state index contributed by atoms with van der Waals surface area (Å²) in [6.07, 6.45) is 8.33. The Balaban J connectivity index is 0.849. The third kappa shape index (κ3) is 16.4. The van der Waals surface area contributed by atoms with Crippen molar-refractivity contribution in [3.63, 3.8) is 0 Å². The van der Waals surface area contributed by atoms with Crippen LogP contribution in [0.15, 0.2) is 68.8 Å². The van der Waals surface area contributed by atoms with Crippen LogP contribution < -0.4 is 27.0 Å². The van der Waals surface area contributed by atoms with E-state index >= 15 is 0 Å². The summed E-state index contributed by atoms with van der Waals surface area (Å²) < 4.78 is 104. The summed E-state index contributed by atoms with van der Waals surface area (Å²) in [6.45, 7) is 3.08. The molecule has 1 saturated heterocycles. The minimum absolute atomic E-state index is 0.0171. The summed E-state index contributed by atoms with van der Waals surface area (Å²) in [5.41, 5.74) is 2.66. The maximum atomic E-state index is 13.9. The number of nitrogens with one attached hydrogen (secondary N) is 4. The van der Waals surface area contributed by atoms with Crippen molar-refractivity contribution >= 4 is 78.6 Å². The fraction of sp³-hybridized carbons (Fsp3) is 0.472. The molecule has 9 N–H and O–H groups in total. The zero-order valence-electron chi connectivity index (χ0n) is 44.4. The maximum absolute atomic E-state index is 13.9. The molecule has 2 heterocycles. The van der Waals surface area contributed by atoms with Gasteiger partial charge in [-0.15, -0.1) is 5.06 Å². The second-order valence-corrected chi connectivity index (χ2v) is 22.1. The molecule has 0 radical (unpaired) electrons. The smallest absolute Gasteiger partial charge is 0.407 e. The van der Waals surface area contributed by atoms with Crippen LogP contribution in [-0.4, -0.2) is 156 Å². The Bertz CT molecular complexity index is 3300. The topological polar surface area (TPSA) is 406 Å². The Hall–Kier alpha value is -7.38. The first-order valence-corrected chi connectivity index (χ1v) is 29.2. The number of allylic oxidation sites excluding steroid dienone is 2. The lowest BCUT2D eigenvalue weighted by Gasteiger charge is -2.21. The number of nitrogens with two attached hydrogens (primary N) is 1. The number of carbonyl (C=O) groups excluding carboxylic acids is 6. The van der Waals surface area contributed by atoms with E-state index in [1.807, 2.05) is 0 Å². The number of imide groups is 1. The number of fused-ring (bicyclic) bond motifs is 3. The monoisotopic (exact) mass is 1180 g/mol. The summed E-state index contributed by atoms with van der Waals surface area (Å²) in [7, 11) is -10.6. The first kappa shape index (κ1) is 62.2. The highest BCUT2D eigenvalue weighted by Crippen LogP contribution is 2.53. The predicted octanol–water partition coefficient (Wildman–Crippen LogP) is 3.63. The molecule has 444 valence electrons. The molecule has 3 atom stereocenters. The van der Waals surface area contributed by atoms with Crippen LogP contribution in [0.4, 0.5) is 10.5 Å². The highest BCUT2D eigenvalue weighted by atomic mass is 32.2. The lowest BCUT2D eigenvalue weighted by Crippen LogP contribution is -2.45. The van der Waals surface area contributed by atoms with E-state index < -0.39 is 99.8 Å². The van der Waals surface area contributed by atoms with Crippen LogP contribution in [0, 0.1) is 23.2 Å². The number of hydroxylamine groups is 2. The Morgan fingerprint density at radius 3 is 1.99 bits per heavy atom. The van der Waals surface area contributed by atoms with Gasteiger partial charge in [0, 0.05) is 54.4 Å². The van der Waals surface area contributed by atoms with Crippen molar-refractivity contribution in [1.82, 2.24) is 21.0 Å². The number of benzene rings is 3. The van der Waals surface area contributed by atoms with Gasteiger partial charge >= 0.3 is 18.0 Å². The van der Waals surface area contributed by atoms with Crippen LogP contribution in [0.1, 0.15) is 84.9 Å². The number of ether oxygens (including phenoxy) is 5. The fourth-order valence-electron chi connectivity index (χ4n) is 9.78. The quantitative estimate of drug-likeness (QED) is 0.00922. The van der Waals surface area contributed by atoms with E-state index in [1.165, 1.54) is 6.07 Å². The number of nitrogens with zero attached hydrogens (tertiary/aromatic N) is 1. The van der Waals surface area contributed by atoms with Gasteiger partial charge in [0.25, 0.3) is 38.0 Å². The molecule has 27 nitrogen and oxygen atoms in total. The number of alkyl carbamates (subject to hydrolysis) is 1. The zero-order valence-corrected chi connectivity index (χ0v) is 46.0. The fourth-order valence-corrected chi connectivity index (χ4v) is 11.3. The standard InChI is InChI=1S/C53H64N6O21S2/c54-39-14-12-35-45(36-13-15-40(55)49(82(71,72)73)47(36)79-46(35)48(39)81(68,69)70)34-11-10-31(29-37(34)51(64)65)50(63)58-41(52(66)80-59-43(61)16-17-44(59)62)9-5-6-19-56-42(60)18-21-74-23-25-76-27-28-77-26-24-75-22-20-57-53(67)78-30-38-32-7-3-1-2-4-8-33(32)38/h1-2,10-15,29,32-33,38,41,54H,3-9,16-28,30,55H2,(H,56,60)(H,57,67)(H,58,63)(H,64,65)(H,68,69,70)(H,71,72,73)/b2-1-,54-39?. The molecule has 82 heavy (non-hydrogen) atoms. The van der Waals surface area contributed by atoms with Crippen LogP contribution in [-0.2, 0) is 67.9 Å². The molecule has 5 aliphatic rings. The number of amides is 5. The van der Waals surface area contributed by atoms with Crippen LogP contribution in [0.3, 0.4) is 0 Å². The molecule has 1 saturated carbocycles. The van der Waals surface area contributed by atoms with Crippen LogP contribution in [0.5, 0.6) is 0 Å². The molecule has 0 spiro atoms.